The highest BCUT2D eigenvalue weighted by atomic mass is 79.9. The van der Waals surface area contributed by atoms with E-state index in [4.69, 9.17) is 28.9 Å². The minimum Gasteiger partial charge on any atom is -0.384 e. The Morgan fingerprint density at radius 3 is 2.56 bits per heavy atom. The van der Waals surface area contributed by atoms with Crippen LogP contribution in [0.25, 0.3) is 0 Å². The number of nitriles is 1. The lowest BCUT2D eigenvalue weighted by Crippen LogP contribution is -2.42. The molecule has 0 spiro atoms. The number of anilines is 1. The predicted molar refractivity (Wildman–Crippen MR) is 128 cm³/mol. The largest absolute Gasteiger partial charge is 0.384 e. The first-order chi connectivity index (χ1) is 15.0. The molecule has 0 radical (unpaired) electrons. The van der Waals surface area contributed by atoms with Crippen molar-refractivity contribution in [2.45, 2.75) is 32.6 Å². The maximum atomic E-state index is 15.0. The van der Waals surface area contributed by atoms with E-state index in [0.717, 1.165) is 0 Å². The normalized spacial score (nSPS) is 20.3. The Hall–Kier alpha value is -2.33. The Morgan fingerprint density at radius 2 is 1.94 bits per heavy atom. The molecule has 32 heavy (non-hydrogen) atoms. The predicted octanol–water partition coefficient (Wildman–Crippen LogP) is 6.84. The third-order valence-corrected chi connectivity index (χ3v) is 6.86. The molecule has 8 heteroatoms. The molecule has 2 aromatic rings. The number of carbonyl (C=O) groups is 1. The van der Waals surface area contributed by atoms with Crippen LogP contribution < -0.4 is 10.6 Å². The van der Waals surface area contributed by atoms with Gasteiger partial charge in [-0.15, -0.1) is 0 Å². The summed E-state index contributed by atoms with van der Waals surface area (Å²) in [4.78, 5) is 15.0. The van der Waals surface area contributed by atoms with E-state index in [0.29, 0.717) is 44.2 Å². The van der Waals surface area contributed by atoms with E-state index in [1.165, 1.54) is 11.0 Å². The molecule has 4 rings (SSSR count). The highest BCUT2D eigenvalue weighted by molar-refractivity contribution is 9.10. The summed E-state index contributed by atoms with van der Waals surface area (Å²) in [5.74, 6) is -1.31. The van der Waals surface area contributed by atoms with Crippen molar-refractivity contribution < 1.29 is 9.18 Å². The molecule has 4 nitrogen and oxygen atoms in total. The fraction of sp³-hybridized carbons (Fsp3) is 0.250. The maximum Gasteiger partial charge on any atom is 0.162 e. The summed E-state index contributed by atoms with van der Waals surface area (Å²) in [6.45, 7) is 3.96. The number of benzene rings is 2. The number of hydrogen-bond donors (Lipinski definition) is 1. The van der Waals surface area contributed by atoms with Crippen molar-refractivity contribution in [1.29, 1.82) is 5.26 Å². The van der Waals surface area contributed by atoms with Gasteiger partial charge in [-0.3, -0.25) is 9.69 Å². The first kappa shape index (κ1) is 22.8. The van der Waals surface area contributed by atoms with Crippen LogP contribution in [0.5, 0.6) is 0 Å². The van der Waals surface area contributed by atoms with Gasteiger partial charge < -0.3 is 5.73 Å². The number of nitrogens with two attached hydrogens (primary N) is 1. The number of Topliss-reactive ketones (excluding diaryl/α,β-unsaturated/α-hetero) is 1. The lowest BCUT2D eigenvalue weighted by Gasteiger charge is -2.44. The lowest BCUT2D eigenvalue weighted by molar-refractivity contribution is -0.118. The molecular weight excluding hydrogens is 516 g/mol. The van der Waals surface area contributed by atoms with Gasteiger partial charge in [0.15, 0.2) is 5.78 Å². The zero-order valence-electron chi connectivity index (χ0n) is 17.3. The van der Waals surface area contributed by atoms with Gasteiger partial charge >= 0.3 is 0 Å². The molecule has 164 valence electrons. The minimum absolute atomic E-state index is 0.0778. The Morgan fingerprint density at radius 1 is 1.22 bits per heavy atom. The van der Waals surface area contributed by atoms with Crippen LogP contribution in [-0.4, -0.2) is 5.78 Å². The molecule has 0 saturated heterocycles. The summed E-state index contributed by atoms with van der Waals surface area (Å²) in [6.07, 6.45) is 0.771. The molecule has 0 aromatic heterocycles. The average Bonchev–Trinajstić information content (AvgIpc) is 2.68. The lowest BCUT2D eigenvalue weighted by atomic mass is 9.68. The number of allylic oxidation sites excluding steroid dienone is 3. The van der Waals surface area contributed by atoms with Crippen molar-refractivity contribution in [2.75, 3.05) is 4.90 Å². The van der Waals surface area contributed by atoms with E-state index < -0.39 is 11.7 Å². The Balaban J connectivity index is 2.04. The summed E-state index contributed by atoms with van der Waals surface area (Å²) in [5.41, 5.74) is 8.03. The van der Waals surface area contributed by atoms with Gasteiger partial charge in [0.1, 0.15) is 11.6 Å². The van der Waals surface area contributed by atoms with Crippen LogP contribution in [0.2, 0.25) is 10.0 Å². The number of ketones is 1. The standard InChI is InChI=1S/C24H19BrCl2FN3O/c1-24(2)9-19-22(20(32)10-24)21(14-5-4-13(26)8-16(14)27)15(11-29)23(30)31(19)18-6-3-12(25)7-17(18)28/h3-8,21H,9-10,30H2,1-2H3/t21-/m0/s1. The topological polar surface area (TPSA) is 70.1 Å². The molecular formula is C24H19BrCl2FN3O. The van der Waals surface area contributed by atoms with Gasteiger partial charge in [-0.25, -0.2) is 4.39 Å². The van der Waals surface area contributed by atoms with Crippen molar-refractivity contribution in [1.82, 2.24) is 0 Å². The zero-order valence-corrected chi connectivity index (χ0v) is 20.4. The smallest absolute Gasteiger partial charge is 0.162 e. The van der Waals surface area contributed by atoms with Crippen LogP contribution in [0.15, 0.2) is 63.5 Å². The fourth-order valence-corrected chi connectivity index (χ4v) is 5.34. The van der Waals surface area contributed by atoms with E-state index in [-0.39, 0.29) is 28.3 Å². The first-order valence-electron chi connectivity index (χ1n) is 9.90. The number of hydrogen-bond acceptors (Lipinski definition) is 4. The van der Waals surface area contributed by atoms with Gasteiger partial charge in [0.25, 0.3) is 0 Å². The van der Waals surface area contributed by atoms with Crippen LogP contribution in [0.4, 0.5) is 10.1 Å². The van der Waals surface area contributed by atoms with Gasteiger partial charge in [-0.05, 0) is 47.7 Å². The van der Waals surface area contributed by atoms with Crippen LogP contribution in [-0.2, 0) is 4.79 Å². The summed E-state index contributed by atoms with van der Waals surface area (Å²) >= 11 is 15.8. The highest BCUT2D eigenvalue weighted by Gasteiger charge is 2.45. The summed E-state index contributed by atoms with van der Waals surface area (Å²) < 4.78 is 15.6. The average molecular weight is 535 g/mol. The first-order valence-corrected chi connectivity index (χ1v) is 11.4. The molecule has 0 bridgehead atoms. The number of rotatable bonds is 2. The van der Waals surface area contributed by atoms with E-state index in [2.05, 4.69) is 22.0 Å². The highest BCUT2D eigenvalue weighted by Crippen LogP contribution is 2.51. The van der Waals surface area contributed by atoms with Gasteiger partial charge in [0.05, 0.1) is 23.2 Å². The van der Waals surface area contributed by atoms with Gasteiger partial charge in [0, 0.05) is 32.2 Å². The third kappa shape index (κ3) is 3.83. The number of carbonyl (C=O) groups excluding carboxylic acids is 1. The second kappa shape index (κ2) is 8.22. The van der Waals surface area contributed by atoms with E-state index >= 15 is 4.39 Å². The van der Waals surface area contributed by atoms with Crippen molar-refractivity contribution in [3.63, 3.8) is 0 Å². The Labute approximate surface area is 204 Å². The summed E-state index contributed by atoms with van der Waals surface area (Å²) in [7, 11) is 0. The monoisotopic (exact) mass is 533 g/mol. The molecule has 2 aliphatic rings. The maximum absolute atomic E-state index is 15.0. The second-order valence-electron chi connectivity index (χ2n) is 8.74. The van der Waals surface area contributed by atoms with E-state index in [1.54, 1.807) is 30.3 Å². The molecule has 0 fully saturated rings. The molecule has 1 aliphatic carbocycles. The molecule has 2 N–H and O–H groups in total. The Kier molecular flexibility index (Phi) is 5.87. The van der Waals surface area contributed by atoms with Crippen LogP contribution in [0.1, 0.15) is 38.2 Å². The van der Waals surface area contributed by atoms with Crippen LogP contribution in [0.3, 0.4) is 0 Å². The van der Waals surface area contributed by atoms with E-state index in [9.17, 15) is 10.1 Å². The number of halogens is 4. The van der Waals surface area contributed by atoms with E-state index in [1.807, 2.05) is 13.8 Å². The summed E-state index contributed by atoms with van der Waals surface area (Å²) in [6, 6.07) is 11.7. The molecule has 0 unspecified atom stereocenters. The quantitative estimate of drug-likeness (QED) is 0.458. The number of nitrogens with zero attached hydrogens (tertiary/aromatic N) is 2. The third-order valence-electron chi connectivity index (χ3n) is 5.81. The zero-order chi connectivity index (χ0) is 23.4. The SMILES string of the molecule is CC1(C)CC(=O)C2=C(C1)N(c1ccc(Br)cc1F)C(N)=C(C#N)[C@@H]2c1ccc(Cl)cc1Cl. The minimum atomic E-state index is -0.752. The van der Waals surface area contributed by atoms with Crippen molar-refractivity contribution in [3.05, 3.63) is 85.0 Å². The second-order valence-corrected chi connectivity index (χ2v) is 10.5. The van der Waals surface area contributed by atoms with Crippen LogP contribution >= 0.6 is 39.1 Å². The molecule has 1 aliphatic heterocycles. The van der Waals surface area contributed by atoms with Gasteiger partial charge in [-0.1, -0.05) is 59.0 Å². The van der Waals surface area contributed by atoms with Crippen LogP contribution in [0, 0.1) is 22.6 Å². The molecule has 1 atom stereocenters. The molecule has 0 saturated carbocycles. The van der Waals surface area contributed by atoms with Gasteiger partial charge in [0.2, 0.25) is 0 Å². The Bertz CT molecular complexity index is 1260. The molecule has 1 heterocycles. The van der Waals surface area contributed by atoms with Gasteiger partial charge in [-0.2, -0.15) is 5.26 Å². The van der Waals surface area contributed by atoms with Crippen molar-refractivity contribution >= 4 is 50.6 Å². The fourth-order valence-electron chi connectivity index (χ4n) is 4.49. The van der Waals surface area contributed by atoms with Crippen molar-refractivity contribution in [2.24, 2.45) is 11.1 Å². The molecule has 0 amide bonds. The summed E-state index contributed by atoms with van der Waals surface area (Å²) in [5, 5.41) is 10.8. The van der Waals surface area contributed by atoms with Crippen molar-refractivity contribution in [3.8, 4) is 6.07 Å². The molecule has 2 aromatic carbocycles.